The van der Waals surface area contributed by atoms with Gasteiger partial charge in [0.15, 0.2) is 0 Å². The Bertz CT molecular complexity index is 1070. The van der Waals surface area contributed by atoms with Crippen LogP contribution in [0.5, 0.6) is 0 Å². The summed E-state index contributed by atoms with van der Waals surface area (Å²) >= 11 is 0. The van der Waals surface area contributed by atoms with E-state index in [1.165, 1.54) is 12.2 Å². The quantitative estimate of drug-likeness (QED) is 0.682. The Morgan fingerprint density at radius 2 is 1.54 bits per heavy atom. The van der Waals surface area contributed by atoms with Crippen LogP contribution >= 0.6 is 0 Å². The molecule has 28 heavy (non-hydrogen) atoms. The Morgan fingerprint density at radius 3 is 2.11 bits per heavy atom. The molecule has 1 atom stereocenters. The molecular formula is C20H22N4O4. The predicted octanol–water partition coefficient (Wildman–Crippen LogP) is 0.521. The van der Waals surface area contributed by atoms with E-state index < -0.39 is 23.6 Å². The van der Waals surface area contributed by atoms with Gasteiger partial charge in [-0.25, -0.2) is 28.1 Å². The summed E-state index contributed by atoms with van der Waals surface area (Å²) in [6, 6.07) is 7.45. The highest BCUT2D eigenvalue weighted by atomic mass is 16.2. The molecule has 0 unspecified atom stereocenters. The second-order valence-corrected chi connectivity index (χ2v) is 6.68. The fraction of sp³-hybridized carbons (Fsp3) is 0.300. The summed E-state index contributed by atoms with van der Waals surface area (Å²) in [4.78, 5) is 52.4. The van der Waals surface area contributed by atoms with Crippen molar-refractivity contribution in [1.82, 2.24) is 13.7 Å². The third kappa shape index (κ3) is 3.17. The molecule has 3 rings (SSSR count). The van der Waals surface area contributed by atoms with Crippen molar-refractivity contribution in [2.45, 2.75) is 39.0 Å². The fourth-order valence-corrected chi connectivity index (χ4v) is 3.55. The van der Waals surface area contributed by atoms with Gasteiger partial charge in [0, 0.05) is 11.7 Å². The third-order valence-electron chi connectivity index (χ3n) is 4.78. The van der Waals surface area contributed by atoms with Crippen LogP contribution in [0.25, 0.3) is 0 Å². The molecule has 8 heteroatoms. The van der Waals surface area contributed by atoms with Gasteiger partial charge in [-0.3, -0.25) is 4.79 Å². The SMILES string of the molecule is C=CCn1c(=O)n(CC=C)c(=O)n(CC(=O)N2c3ccccc3C[C@H]2C)c1=O. The lowest BCUT2D eigenvalue weighted by atomic mass is 10.1. The van der Waals surface area contributed by atoms with Gasteiger partial charge in [-0.15, -0.1) is 13.2 Å². The van der Waals surface area contributed by atoms with Gasteiger partial charge < -0.3 is 4.90 Å². The number of fused-ring (bicyclic) bond motifs is 1. The Balaban J connectivity index is 2.07. The van der Waals surface area contributed by atoms with Crippen LogP contribution in [0, 0.1) is 0 Å². The first kappa shape index (κ1) is 19.3. The van der Waals surface area contributed by atoms with Crippen LogP contribution in [0.2, 0.25) is 0 Å². The van der Waals surface area contributed by atoms with Gasteiger partial charge in [0.2, 0.25) is 5.91 Å². The normalized spacial score (nSPS) is 15.3. The number of para-hydroxylation sites is 1. The standard InChI is InChI=1S/C20H22N4O4/c1-4-10-21-18(26)22(11-5-2)20(28)23(19(21)27)13-17(25)24-14(3)12-15-8-6-7-9-16(15)24/h4-9,14H,1-2,10-13H2,3H3/t14-/m1/s1. The van der Waals surface area contributed by atoms with E-state index in [1.807, 2.05) is 31.2 Å². The predicted molar refractivity (Wildman–Crippen MR) is 107 cm³/mol. The molecule has 1 aliphatic heterocycles. The molecule has 0 bridgehead atoms. The molecule has 1 amide bonds. The van der Waals surface area contributed by atoms with Crippen LogP contribution in [0.1, 0.15) is 12.5 Å². The monoisotopic (exact) mass is 382 g/mol. The second-order valence-electron chi connectivity index (χ2n) is 6.68. The number of carbonyl (C=O) groups excluding carboxylic acids is 1. The molecule has 146 valence electrons. The molecule has 0 radical (unpaired) electrons. The minimum absolute atomic E-state index is 0.0633. The van der Waals surface area contributed by atoms with Gasteiger partial charge in [-0.2, -0.15) is 0 Å². The number of aromatic nitrogens is 3. The molecule has 2 aromatic rings. The summed E-state index contributed by atoms with van der Waals surface area (Å²) in [5.41, 5.74) is -0.596. The van der Waals surface area contributed by atoms with E-state index in [0.717, 1.165) is 25.0 Å². The van der Waals surface area contributed by atoms with E-state index in [9.17, 15) is 19.2 Å². The molecule has 0 saturated heterocycles. The highest BCUT2D eigenvalue weighted by Gasteiger charge is 2.31. The summed E-state index contributed by atoms with van der Waals surface area (Å²) < 4.78 is 2.56. The van der Waals surface area contributed by atoms with Gasteiger partial charge in [0.05, 0.1) is 13.1 Å². The van der Waals surface area contributed by atoms with Crippen molar-refractivity contribution in [2.24, 2.45) is 0 Å². The third-order valence-corrected chi connectivity index (χ3v) is 4.78. The van der Waals surface area contributed by atoms with Gasteiger partial charge in [-0.05, 0) is 25.0 Å². The van der Waals surface area contributed by atoms with E-state index in [2.05, 4.69) is 13.2 Å². The van der Waals surface area contributed by atoms with Crippen molar-refractivity contribution in [3.8, 4) is 0 Å². The number of hydrogen-bond donors (Lipinski definition) is 0. The largest absolute Gasteiger partial charge is 0.337 e. The van der Waals surface area contributed by atoms with Gasteiger partial charge in [-0.1, -0.05) is 30.4 Å². The number of carbonyl (C=O) groups is 1. The lowest BCUT2D eigenvalue weighted by Crippen LogP contribution is -2.56. The number of benzene rings is 1. The van der Waals surface area contributed by atoms with Gasteiger partial charge in [0.25, 0.3) is 0 Å². The van der Waals surface area contributed by atoms with Crippen molar-refractivity contribution in [2.75, 3.05) is 4.90 Å². The van der Waals surface area contributed by atoms with Crippen molar-refractivity contribution in [1.29, 1.82) is 0 Å². The van der Waals surface area contributed by atoms with Crippen molar-refractivity contribution in [3.63, 3.8) is 0 Å². The second kappa shape index (κ2) is 7.67. The summed E-state index contributed by atoms with van der Waals surface area (Å²) in [6.07, 6.45) is 3.47. The van der Waals surface area contributed by atoms with Crippen LogP contribution in [-0.4, -0.2) is 25.7 Å². The first-order chi connectivity index (χ1) is 13.4. The van der Waals surface area contributed by atoms with Gasteiger partial charge in [0.1, 0.15) is 6.54 Å². The van der Waals surface area contributed by atoms with Crippen molar-refractivity contribution in [3.05, 3.63) is 86.6 Å². The number of anilines is 1. The van der Waals surface area contributed by atoms with E-state index in [1.54, 1.807) is 4.90 Å². The first-order valence-corrected chi connectivity index (χ1v) is 8.97. The first-order valence-electron chi connectivity index (χ1n) is 8.97. The number of nitrogens with zero attached hydrogens (tertiary/aromatic N) is 4. The zero-order valence-corrected chi connectivity index (χ0v) is 15.7. The van der Waals surface area contributed by atoms with E-state index in [4.69, 9.17) is 0 Å². The van der Waals surface area contributed by atoms with E-state index in [-0.39, 0.29) is 25.0 Å². The number of allylic oxidation sites excluding steroid dienone is 2. The Hall–Kier alpha value is -3.42. The molecule has 0 spiro atoms. The smallest absolute Gasteiger partial charge is 0.307 e. The summed E-state index contributed by atoms with van der Waals surface area (Å²) in [5, 5.41) is 0. The highest BCUT2D eigenvalue weighted by molar-refractivity contribution is 5.96. The van der Waals surface area contributed by atoms with E-state index >= 15 is 0 Å². The minimum Gasteiger partial charge on any atom is -0.307 e. The maximum absolute atomic E-state index is 13.0. The van der Waals surface area contributed by atoms with Crippen molar-refractivity contribution >= 4 is 11.6 Å². The maximum atomic E-state index is 13.0. The molecule has 1 aromatic carbocycles. The summed E-state index contributed by atoms with van der Waals surface area (Å²) in [5.74, 6) is -0.384. The lowest BCUT2D eigenvalue weighted by molar-refractivity contribution is -0.119. The average Bonchev–Trinajstić information content (AvgIpc) is 3.01. The Morgan fingerprint density at radius 1 is 1.00 bits per heavy atom. The van der Waals surface area contributed by atoms with E-state index in [0.29, 0.717) is 6.42 Å². The van der Waals surface area contributed by atoms with Crippen LogP contribution in [-0.2, 0) is 30.8 Å². The van der Waals surface area contributed by atoms with Crippen molar-refractivity contribution < 1.29 is 4.79 Å². The number of hydrogen-bond acceptors (Lipinski definition) is 4. The van der Waals surface area contributed by atoms with Crippen LogP contribution < -0.4 is 22.0 Å². The Kier molecular flexibility index (Phi) is 5.30. The maximum Gasteiger partial charge on any atom is 0.337 e. The lowest BCUT2D eigenvalue weighted by Gasteiger charge is -2.23. The average molecular weight is 382 g/mol. The van der Waals surface area contributed by atoms with Crippen LogP contribution in [0.15, 0.2) is 64.0 Å². The molecule has 0 fully saturated rings. The molecule has 1 aliphatic rings. The minimum atomic E-state index is -0.830. The molecule has 0 aliphatic carbocycles. The fourth-order valence-electron chi connectivity index (χ4n) is 3.55. The molecule has 0 N–H and O–H groups in total. The molecule has 8 nitrogen and oxygen atoms in total. The highest BCUT2D eigenvalue weighted by Crippen LogP contribution is 2.31. The topological polar surface area (TPSA) is 86.3 Å². The molecule has 1 aromatic heterocycles. The molecular weight excluding hydrogens is 360 g/mol. The number of amides is 1. The summed E-state index contributed by atoms with van der Waals surface area (Å²) in [7, 11) is 0. The van der Waals surface area contributed by atoms with Gasteiger partial charge >= 0.3 is 17.1 Å². The van der Waals surface area contributed by atoms with Crippen LogP contribution in [0.3, 0.4) is 0 Å². The molecule has 2 heterocycles. The van der Waals surface area contributed by atoms with Crippen LogP contribution in [0.4, 0.5) is 5.69 Å². The summed E-state index contributed by atoms with van der Waals surface area (Å²) in [6.45, 7) is 8.40. The number of rotatable bonds is 6. The Labute approximate surface area is 161 Å². The zero-order chi connectivity index (χ0) is 20.4. The molecule has 0 saturated carbocycles. The zero-order valence-electron chi connectivity index (χ0n) is 15.7.